The number of carbonyl (C=O) groups is 2. The van der Waals surface area contributed by atoms with Crippen molar-refractivity contribution in [1.29, 1.82) is 0 Å². The summed E-state index contributed by atoms with van der Waals surface area (Å²) in [5, 5.41) is 2.11. The van der Waals surface area contributed by atoms with Gasteiger partial charge in [-0.05, 0) is 18.6 Å². The molecule has 1 saturated carbocycles. The van der Waals surface area contributed by atoms with Gasteiger partial charge in [-0.2, -0.15) is 0 Å². The summed E-state index contributed by atoms with van der Waals surface area (Å²) < 4.78 is 40.6. The van der Waals surface area contributed by atoms with Gasteiger partial charge in [0.25, 0.3) is 5.91 Å². The summed E-state index contributed by atoms with van der Waals surface area (Å²) in [6.07, 6.45) is 0.643. The maximum absolute atomic E-state index is 14.3. The molecule has 142 valence electrons. The molecule has 3 rings (SSSR count). The Morgan fingerprint density at radius 2 is 1.93 bits per heavy atom. The van der Waals surface area contributed by atoms with Crippen molar-refractivity contribution >= 4 is 29.4 Å². The van der Waals surface area contributed by atoms with Crippen LogP contribution < -0.4 is 5.32 Å². The quantitative estimate of drug-likeness (QED) is 0.840. The van der Waals surface area contributed by atoms with E-state index in [-0.39, 0.29) is 28.5 Å². The van der Waals surface area contributed by atoms with Crippen molar-refractivity contribution in [2.75, 3.05) is 18.9 Å². The zero-order chi connectivity index (χ0) is 19.7. The maximum atomic E-state index is 14.3. The summed E-state index contributed by atoms with van der Waals surface area (Å²) >= 11 is 5.75. The van der Waals surface area contributed by atoms with Crippen LogP contribution in [0.1, 0.15) is 28.3 Å². The van der Waals surface area contributed by atoms with E-state index in [4.69, 9.17) is 11.6 Å². The number of nitrogens with one attached hydrogen (secondary N) is 1. The second-order valence-corrected chi connectivity index (χ2v) is 6.52. The minimum atomic E-state index is -1.23. The molecule has 2 atom stereocenters. The van der Waals surface area contributed by atoms with Crippen molar-refractivity contribution in [3.05, 3.63) is 52.3 Å². The van der Waals surface area contributed by atoms with Gasteiger partial charge in [-0.25, -0.2) is 23.1 Å². The number of hydrogen-bond acceptors (Lipinski definition) is 4. The van der Waals surface area contributed by atoms with Gasteiger partial charge >= 0.3 is 0 Å². The molecule has 1 aliphatic rings. The van der Waals surface area contributed by atoms with Crippen molar-refractivity contribution in [2.24, 2.45) is 0 Å². The van der Waals surface area contributed by atoms with Crippen LogP contribution in [-0.2, 0) is 4.79 Å². The summed E-state index contributed by atoms with van der Waals surface area (Å²) in [5.74, 6) is -3.64. The first-order valence-corrected chi connectivity index (χ1v) is 8.30. The number of aromatic nitrogens is 2. The number of nitrogens with zero attached hydrogens (tertiary/aromatic N) is 3. The van der Waals surface area contributed by atoms with Crippen LogP contribution in [0.25, 0.3) is 0 Å². The lowest BCUT2D eigenvalue weighted by molar-refractivity contribution is -0.116. The molecule has 1 fully saturated rings. The molecule has 6 nitrogen and oxygen atoms in total. The number of benzene rings is 1. The highest BCUT2D eigenvalue weighted by Crippen LogP contribution is 2.47. The van der Waals surface area contributed by atoms with Crippen LogP contribution in [0.2, 0.25) is 5.02 Å². The van der Waals surface area contributed by atoms with E-state index in [1.165, 1.54) is 19.2 Å². The molecule has 1 aromatic carbocycles. The highest BCUT2D eigenvalue weighted by atomic mass is 35.5. The smallest absolute Gasteiger partial charge is 0.254 e. The summed E-state index contributed by atoms with van der Waals surface area (Å²) in [6, 6.07) is 2.52. The molecule has 1 aromatic heterocycles. The van der Waals surface area contributed by atoms with Crippen LogP contribution in [0.4, 0.5) is 19.1 Å². The van der Waals surface area contributed by atoms with E-state index >= 15 is 0 Å². The van der Waals surface area contributed by atoms with Gasteiger partial charge in [-0.3, -0.25) is 14.9 Å². The molecule has 10 heteroatoms. The van der Waals surface area contributed by atoms with Gasteiger partial charge in [0.1, 0.15) is 12.0 Å². The number of rotatable bonds is 5. The topological polar surface area (TPSA) is 75.2 Å². The van der Waals surface area contributed by atoms with Crippen molar-refractivity contribution in [2.45, 2.75) is 18.5 Å². The molecule has 0 aliphatic heterocycles. The van der Waals surface area contributed by atoms with E-state index < -0.39 is 42.1 Å². The van der Waals surface area contributed by atoms with Crippen molar-refractivity contribution in [1.82, 2.24) is 14.9 Å². The van der Waals surface area contributed by atoms with E-state index in [1.54, 1.807) is 0 Å². The second-order valence-electron chi connectivity index (χ2n) is 6.12. The zero-order valence-corrected chi connectivity index (χ0v) is 14.8. The summed E-state index contributed by atoms with van der Waals surface area (Å²) in [7, 11) is 1.34. The Hall–Kier alpha value is -2.68. The molecule has 0 radical (unpaired) electrons. The summed E-state index contributed by atoms with van der Waals surface area (Å²) in [4.78, 5) is 32.8. The third-order valence-corrected chi connectivity index (χ3v) is 4.34. The Kier molecular flexibility index (Phi) is 5.31. The van der Waals surface area contributed by atoms with Gasteiger partial charge in [-0.1, -0.05) is 11.6 Å². The number of anilines is 1. The average Bonchev–Trinajstić information content (AvgIpc) is 3.34. The summed E-state index contributed by atoms with van der Waals surface area (Å²) in [5.41, 5.74) is -0.121. The largest absolute Gasteiger partial charge is 0.332 e. The van der Waals surface area contributed by atoms with Gasteiger partial charge in [0.15, 0.2) is 5.82 Å². The molecule has 0 bridgehead atoms. The molecule has 1 heterocycles. The van der Waals surface area contributed by atoms with Crippen LogP contribution in [-0.4, -0.2) is 46.4 Å². The molecule has 27 heavy (non-hydrogen) atoms. The predicted octanol–water partition coefficient (Wildman–Crippen LogP) is 2.94. The lowest BCUT2D eigenvalue weighted by atomic mass is 10.0. The molecule has 2 aromatic rings. The Balaban J connectivity index is 1.73. The number of alkyl halides is 1. The summed E-state index contributed by atoms with van der Waals surface area (Å²) in [6.45, 7) is -0.396. The van der Waals surface area contributed by atoms with Crippen LogP contribution in [0.5, 0.6) is 0 Å². The minimum Gasteiger partial charge on any atom is -0.332 e. The van der Waals surface area contributed by atoms with E-state index in [0.29, 0.717) is 0 Å². The highest BCUT2D eigenvalue weighted by molar-refractivity contribution is 6.31. The van der Waals surface area contributed by atoms with E-state index in [0.717, 1.165) is 17.3 Å². The standard InChI is InChI=1S/C17H14ClF3N4O2/c1-25(7-13(26)24-17-22-5-8(19)6-23-17)16(27)9-2-3-11(18)15(21)14(9)10-4-12(10)20/h2-3,5-6,10,12H,4,7H2,1H3,(H,22,23,24,26). The lowest BCUT2D eigenvalue weighted by Gasteiger charge is -2.19. The van der Waals surface area contributed by atoms with Crippen LogP contribution in [0.3, 0.4) is 0 Å². The number of amides is 2. The van der Waals surface area contributed by atoms with Crippen molar-refractivity contribution < 1.29 is 22.8 Å². The Morgan fingerprint density at radius 3 is 2.52 bits per heavy atom. The first-order chi connectivity index (χ1) is 12.8. The third-order valence-electron chi connectivity index (χ3n) is 4.05. The zero-order valence-electron chi connectivity index (χ0n) is 14.0. The lowest BCUT2D eigenvalue weighted by Crippen LogP contribution is -2.35. The third kappa shape index (κ3) is 4.19. The Labute approximate surface area is 157 Å². The first-order valence-electron chi connectivity index (χ1n) is 7.92. The van der Waals surface area contributed by atoms with E-state index in [2.05, 4.69) is 15.3 Å². The SMILES string of the molecule is CN(CC(=O)Nc1ncc(F)cn1)C(=O)c1ccc(Cl)c(F)c1C1CC1F. The fourth-order valence-corrected chi connectivity index (χ4v) is 2.78. The van der Waals surface area contributed by atoms with E-state index in [1.807, 2.05) is 0 Å². The van der Waals surface area contributed by atoms with Gasteiger partial charge in [0.05, 0.1) is 24.0 Å². The Morgan fingerprint density at radius 1 is 1.30 bits per heavy atom. The first kappa shape index (κ1) is 19.1. The van der Waals surface area contributed by atoms with Crippen LogP contribution in [0.15, 0.2) is 24.5 Å². The normalized spacial score (nSPS) is 18.1. The average molecular weight is 399 g/mol. The maximum Gasteiger partial charge on any atom is 0.254 e. The van der Waals surface area contributed by atoms with Crippen LogP contribution >= 0.6 is 11.6 Å². The molecule has 0 saturated heterocycles. The molecule has 0 spiro atoms. The number of halogens is 4. The molecular weight excluding hydrogens is 385 g/mol. The van der Waals surface area contributed by atoms with Gasteiger partial charge < -0.3 is 4.90 Å². The van der Waals surface area contributed by atoms with Crippen LogP contribution in [0, 0.1) is 11.6 Å². The molecule has 1 N–H and O–H groups in total. The Bertz CT molecular complexity index is 894. The highest BCUT2D eigenvalue weighted by Gasteiger charge is 2.43. The van der Waals surface area contributed by atoms with Gasteiger partial charge in [0.2, 0.25) is 11.9 Å². The number of hydrogen-bond donors (Lipinski definition) is 1. The van der Waals surface area contributed by atoms with Gasteiger partial charge in [-0.15, -0.1) is 0 Å². The molecule has 2 amide bonds. The minimum absolute atomic E-state index is 0.0459. The van der Waals surface area contributed by atoms with Crippen molar-refractivity contribution in [3.8, 4) is 0 Å². The molecule has 2 unspecified atom stereocenters. The molecular formula is C17H14ClF3N4O2. The van der Waals surface area contributed by atoms with Gasteiger partial charge in [0, 0.05) is 24.1 Å². The second kappa shape index (κ2) is 7.51. The monoisotopic (exact) mass is 398 g/mol. The predicted molar refractivity (Wildman–Crippen MR) is 91.2 cm³/mol. The fourth-order valence-electron chi connectivity index (χ4n) is 2.61. The van der Waals surface area contributed by atoms with E-state index in [9.17, 15) is 22.8 Å². The van der Waals surface area contributed by atoms with Crippen molar-refractivity contribution in [3.63, 3.8) is 0 Å². The fraction of sp³-hybridized carbons (Fsp3) is 0.294. The molecule has 1 aliphatic carbocycles. The number of likely N-dealkylation sites (N-methyl/N-ethyl adjacent to an activating group) is 1. The number of carbonyl (C=O) groups excluding carboxylic acids is 2.